The first-order valence-electron chi connectivity index (χ1n) is 5.91. The normalized spacial score (nSPS) is 10.9. The predicted octanol–water partition coefficient (Wildman–Crippen LogP) is 2.54. The van der Waals surface area contributed by atoms with Gasteiger partial charge in [0.1, 0.15) is 10.7 Å². The van der Waals surface area contributed by atoms with Crippen molar-refractivity contribution >= 4 is 17.2 Å². The van der Waals surface area contributed by atoms with E-state index in [9.17, 15) is 4.79 Å². The summed E-state index contributed by atoms with van der Waals surface area (Å²) in [5, 5.41) is 5.88. The van der Waals surface area contributed by atoms with E-state index in [1.165, 1.54) is 0 Å². The number of aryl methyl sites for hydroxylation is 1. The number of hydrogen-bond acceptors (Lipinski definition) is 3. The van der Waals surface area contributed by atoms with Crippen LogP contribution in [0.5, 0.6) is 0 Å². The van der Waals surface area contributed by atoms with Gasteiger partial charge in [-0.25, -0.2) is 4.98 Å². The van der Waals surface area contributed by atoms with Crippen molar-refractivity contribution in [2.24, 2.45) is 7.05 Å². The summed E-state index contributed by atoms with van der Waals surface area (Å²) in [7, 11) is 1.86. The minimum atomic E-state index is -0.0659. The van der Waals surface area contributed by atoms with Crippen LogP contribution >= 0.6 is 11.3 Å². The van der Waals surface area contributed by atoms with Crippen LogP contribution in [0, 0.1) is 0 Å². The summed E-state index contributed by atoms with van der Waals surface area (Å²) in [6, 6.07) is 3.66. The molecule has 5 heteroatoms. The number of nitrogens with zero attached hydrogens (tertiary/aromatic N) is 2. The molecule has 0 unspecified atom stereocenters. The number of aromatic nitrogens is 2. The second kappa shape index (κ2) is 5.35. The quantitative estimate of drug-likeness (QED) is 0.921. The first-order chi connectivity index (χ1) is 8.58. The van der Waals surface area contributed by atoms with Crippen LogP contribution in [0.4, 0.5) is 0 Å². The zero-order valence-corrected chi connectivity index (χ0v) is 11.6. The minimum Gasteiger partial charge on any atom is -0.347 e. The molecule has 4 nitrogen and oxygen atoms in total. The van der Waals surface area contributed by atoms with Crippen LogP contribution in [0.1, 0.15) is 41.0 Å². The van der Waals surface area contributed by atoms with E-state index in [-0.39, 0.29) is 5.91 Å². The molecule has 2 aromatic rings. The second-order valence-corrected chi connectivity index (χ2v) is 5.45. The van der Waals surface area contributed by atoms with E-state index < -0.39 is 0 Å². The maximum atomic E-state index is 11.9. The number of nitrogens with one attached hydrogen (secondary N) is 1. The van der Waals surface area contributed by atoms with E-state index in [4.69, 9.17) is 0 Å². The van der Waals surface area contributed by atoms with Gasteiger partial charge in [-0.15, -0.1) is 11.3 Å². The van der Waals surface area contributed by atoms with Crippen molar-refractivity contribution < 1.29 is 4.79 Å². The monoisotopic (exact) mass is 263 g/mol. The molecule has 0 aliphatic heterocycles. The van der Waals surface area contributed by atoms with Crippen LogP contribution in [0.3, 0.4) is 0 Å². The summed E-state index contributed by atoms with van der Waals surface area (Å²) in [6.07, 6.45) is 1.86. The first-order valence-corrected chi connectivity index (χ1v) is 6.79. The third-order valence-electron chi connectivity index (χ3n) is 2.74. The zero-order valence-electron chi connectivity index (χ0n) is 10.8. The number of thiazole rings is 1. The molecule has 2 aromatic heterocycles. The van der Waals surface area contributed by atoms with E-state index in [0.29, 0.717) is 18.2 Å². The lowest BCUT2D eigenvalue weighted by Crippen LogP contribution is -2.24. The molecule has 0 saturated carbocycles. The van der Waals surface area contributed by atoms with Crippen LogP contribution in [0.2, 0.25) is 0 Å². The lowest BCUT2D eigenvalue weighted by molar-refractivity contribution is 0.0943. The maximum absolute atomic E-state index is 11.9. The Morgan fingerprint density at radius 3 is 2.89 bits per heavy atom. The van der Waals surface area contributed by atoms with E-state index >= 15 is 0 Å². The van der Waals surface area contributed by atoms with Crippen molar-refractivity contribution in [3.05, 3.63) is 40.1 Å². The van der Waals surface area contributed by atoms with Gasteiger partial charge in [0.2, 0.25) is 0 Å². The van der Waals surface area contributed by atoms with Crippen LogP contribution in [0.25, 0.3) is 0 Å². The summed E-state index contributed by atoms with van der Waals surface area (Å²) in [5.41, 5.74) is 1.75. The molecule has 0 fully saturated rings. The van der Waals surface area contributed by atoms with Crippen molar-refractivity contribution in [1.29, 1.82) is 0 Å². The molecule has 0 aliphatic carbocycles. The molecular weight excluding hydrogens is 246 g/mol. The summed E-state index contributed by atoms with van der Waals surface area (Å²) in [4.78, 5) is 16.4. The Hall–Kier alpha value is -1.62. The number of amides is 1. The Morgan fingerprint density at radius 2 is 2.33 bits per heavy atom. The summed E-state index contributed by atoms with van der Waals surface area (Å²) in [6.45, 7) is 4.71. The summed E-state index contributed by atoms with van der Waals surface area (Å²) in [5.74, 6) is 0.363. The molecule has 0 aromatic carbocycles. The van der Waals surface area contributed by atoms with Gasteiger partial charge < -0.3 is 9.88 Å². The van der Waals surface area contributed by atoms with Gasteiger partial charge in [-0.1, -0.05) is 13.8 Å². The van der Waals surface area contributed by atoms with Crippen molar-refractivity contribution in [3.8, 4) is 0 Å². The third-order valence-corrected chi connectivity index (χ3v) is 3.60. The molecule has 1 N–H and O–H groups in total. The highest BCUT2D eigenvalue weighted by Gasteiger charge is 2.10. The van der Waals surface area contributed by atoms with Gasteiger partial charge in [0.15, 0.2) is 0 Å². The highest BCUT2D eigenvalue weighted by Crippen LogP contribution is 2.17. The molecule has 0 saturated heterocycles. The van der Waals surface area contributed by atoms with E-state index in [1.54, 1.807) is 22.0 Å². The Kier molecular flexibility index (Phi) is 3.81. The van der Waals surface area contributed by atoms with Gasteiger partial charge in [-0.05, 0) is 18.1 Å². The molecule has 2 rings (SSSR count). The predicted molar refractivity (Wildman–Crippen MR) is 72.8 cm³/mol. The lowest BCUT2D eigenvalue weighted by atomic mass is 10.2. The van der Waals surface area contributed by atoms with Crippen molar-refractivity contribution in [3.63, 3.8) is 0 Å². The van der Waals surface area contributed by atoms with Crippen LogP contribution in [-0.2, 0) is 13.6 Å². The average Bonchev–Trinajstić information content (AvgIpc) is 2.94. The van der Waals surface area contributed by atoms with Crippen molar-refractivity contribution in [2.45, 2.75) is 26.3 Å². The van der Waals surface area contributed by atoms with E-state index in [1.807, 2.05) is 19.3 Å². The van der Waals surface area contributed by atoms with Gasteiger partial charge in [0.05, 0.1) is 12.2 Å². The highest BCUT2D eigenvalue weighted by atomic mass is 32.1. The second-order valence-electron chi connectivity index (χ2n) is 4.51. The standard InChI is InChI=1S/C13H17N3OS/c1-9(2)10-8-18-12(15-10)7-14-13(17)11-5-4-6-16(11)3/h4-6,8-9H,7H2,1-3H3,(H,14,17). The first kappa shape index (κ1) is 12.8. The van der Waals surface area contributed by atoms with Crippen LogP contribution in [0.15, 0.2) is 23.7 Å². The fourth-order valence-electron chi connectivity index (χ4n) is 1.61. The molecule has 1 amide bonds. The molecule has 0 aliphatic rings. The SMILES string of the molecule is CC(C)c1csc(CNC(=O)c2cccn2C)n1. The molecule has 0 radical (unpaired) electrons. The Balaban J connectivity index is 1.95. The molecule has 18 heavy (non-hydrogen) atoms. The molecule has 0 bridgehead atoms. The Labute approximate surface area is 111 Å². The van der Waals surface area contributed by atoms with E-state index in [0.717, 1.165) is 10.7 Å². The van der Waals surface area contributed by atoms with Crippen molar-refractivity contribution in [1.82, 2.24) is 14.9 Å². The fraction of sp³-hybridized carbons (Fsp3) is 0.385. The Morgan fingerprint density at radius 1 is 1.56 bits per heavy atom. The van der Waals surface area contributed by atoms with Gasteiger partial charge >= 0.3 is 0 Å². The maximum Gasteiger partial charge on any atom is 0.268 e. The summed E-state index contributed by atoms with van der Waals surface area (Å²) < 4.78 is 1.80. The fourth-order valence-corrected chi connectivity index (χ4v) is 2.51. The smallest absolute Gasteiger partial charge is 0.268 e. The number of rotatable bonds is 4. The van der Waals surface area contributed by atoms with Gasteiger partial charge in [0, 0.05) is 18.6 Å². The van der Waals surface area contributed by atoms with Gasteiger partial charge in [0.25, 0.3) is 5.91 Å². The molecule has 0 atom stereocenters. The van der Waals surface area contributed by atoms with Gasteiger partial charge in [-0.2, -0.15) is 0 Å². The van der Waals surface area contributed by atoms with E-state index in [2.05, 4.69) is 29.5 Å². The van der Waals surface area contributed by atoms with Crippen LogP contribution < -0.4 is 5.32 Å². The highest BCUT2D eigenvalue weighted by molar-refractivity contribution is 7.09. The number of carbonyl (C=O) groups is 1. The topological polar surface area (TPSA) is 46.9 Å². The minimum absolute atomic E-state index is 0.0659. The molecule has 96 valence electrons. The summed E-state index contributed by atoms with van der Waals surface area (Å²) >= 11 is 1.59. The zero-order chi connectivity index (χ0) is 13.1. The largest absolute Gasteiger partial charge is 0.347 e. The number of hydrogen-bond donors (Lipinski definition) is 1. The van der Waals surface area contributed by atoms with Crippen LogP contribution in [-0.4, -0.2) is 15.5 Å². The molecule has 0 spiro atoms. The van der Waals surface area contributed by atoms with Gasteiger partial charge in [-0.3, -0.25) is 4.79 Å². The Bertz CT molecular complexity index is 542. The van der Waals surface area contributed by atoms with Crippen molar-refractivity contribution in [2.75, 3.05) is 0 Å². The molecule has 2 heterocycles. The molecular formula is C13H17N3OS. The third kappa shape index (κ3) is 2.79. The average molecular weight is 263 g/mol. The lowest BCUT2D eigenvalue weighted by Gasteiger charge is -2.04. The number of carbonyl (C=O) groups excluding carboxylic acids is 1.